The van der Waals surface area contributed by atoms with E-state index < -0.39 is 39.2 Å². The molecule has 1 aromatic rings. The van der Waals surface area contributed by atoms with Gasteiger partial charge in [0.1, 0.15) is 5.56 Å². The summed E-state index contributed by atoms with van der Waals surface area (Å²) < 4.78 is 52.0. The van der Waals surface area contributed by atoms with Gasteiger partial charge in [-0.1, -0.05) is 0 Å². The monoisotopic (exact) mass is 388 g/mol. The van der Waals surface area contributed by atoms with Crippen molar-refractivity contribution in [2.45, 2.75) is 26.7 Å². The Morgan fingerprint density at radius 1 is 1.15 bits per heavy atom. The third kappa shape index (κ3) is 4.31. The molecular formula is C16H21FN2O6S. The van der Waals surface area contributed by atoms with Crippen molar-refractivity contribution in [2.24, 2.45) is 0 Å². The van der Waals surface area contributed by atoms with Crippen LogP contribution >= 0.6 is 0 Å². The maximum atomic E-state index is 14.7. The van der Waals surface area contributed by atoms with E-state index in [-0.39, 0.29) is 18.8 Å². The Kier molecular flexibility index (Phi) is 6.54. The third-order valence-corrected chi connectivity index (χ3v) is 5.24. The van der Waals surface area contributed by atoms with Crippen LogP contribution in [0.3, 0.4) is 0 Å². The van der Waals surface area contributed by atoms with Gasteiger partial charge in [0, 0.05) is 13.1 Å². The van der Waals surface area contributed by atoms with Gasteiger partial charge in [0.15, 0.2) is 11.6 Å². The SMILES string of the molecule is CCOC(=O)c1ccc(C(=O)NS(=O)(=O)N2CCCC2)c(F)c1OCC. The molecule has 0 aromatic heterocycles. The van der Waals surface area contributed by atoms with E-state index in [0.717, 1.165) is 10.4 Å². The molecule has 1 fully saturated rings. The quantitative estimate of drug-likeness (QED) is 0.710. The molecule has 0 aliphatic carbocycles. The van der Waals surface area contributed by atoms with Gasteiger partial charge in [-0.05, 0) is 38.8 Å². The number of carbonyl (C=O) groups is 2. The van der Waals surface area contributed by atoms with Crippen molar-refractivity contribution in [3.8, 4) is 5.75 Å². The molecule has 1 amide bonds. The van der Waals surface area contributed by atoms with Gasteiger partial charge in [-0.2, -0.15) is 12.7 Å². The summed E-state index contributed by atoms with van der Waals surface area (Å²) in [5, 5.41) is 0. The van der Waals surface area contributed by atoms with Crippen LogP contribution in [0.1, 0.15) is 47.4 Å². The van der Waals surface area contributed by atoms with Crippen LogP contribution in [0.2, 0.25) is 0 Å². The van der Waals surface area contributed by atoms with Gasteiger partial charge < -0.3 is 9.47 Å². The van der Waals surface area contributed by atoms with Crippen molar-refractivity contribution in [2.75, 3.05) is 26.3 Å². The minimum atomic E-state index is -4.05. The molecule has 0 saturated carbocycles. The lowest BCUT2D eigenvalue weighted by Crippen LogP contribution is -2.42. The van der Waals surface area contributed by atoms with Gasteiger partial charge >= 0.3 is 16.2 Å². The molecule has 144 valence electrons. The Labute approximate surface area is 151 Å². The smallest absolute Gasteiger partial charge is 0.342 e. The largest absolute Gasteiger partial charge is 0.490 e. The second-order valence-electron chi connectivity index (χ2n) is 5.50. The van der Waals surface area contributed by atoms with Crippen LogP contribution in [0.4, 0.5) is 4.39 Å². The van der Waals surface area contributed by atoms with E-state index >= 15 is 0 Å². The molecule has 0 spiro atoms. The van der Waals surface area contributed by atoms with E-state index in [0.29, 0.717) is 25.9 Å². The molecule has 0 unspecified atom stereocenters. The molecule has 1 saturated heterocycles. The highest BCUT2D eigenvalue weighted by Gasteiger charge is 2.30. The second kappa shape index (κ2) is 8.45. The standard InChI is InChI=1S/C16H21FN2O6S/c1-3-24-14-12(16(21)25-4-2)8-7-11(13(14)17)15(20)18-26(22,23)19-9-5-6-10-19/h7-8H,3-6,9-10H2,1-2H3,(H,18,20). The topological polar surface area (TPSA) is 102 Å². The molecular weight excluding hydrogens is 367 g/mol. The molecule has 1 aromatic carbocycles. The predicted molar refractivity (Wildman–Crippen MR) is 90.7 cm³/mol. The summed E-state index contributed by atoms with van der Waals surface area (Å²) >= 11 is 0. The number of esters is 1. The van der Waals surface area contributed by atoms with Crippen molar-refractivity contribution in [1.82, 2.24) is 9.03 Å². The van der Waals surface area contributed by atoms with E-state index in [2.05, 4.69) is 0 Å². The average Bonchev–Trinajstić information content (AvgIpc) is 3.12. The zero-order valence-corrected chi connectivity index (χ0v) is 15.4. The lowest BCUT2D eigenvalue weighted by Gasteiger charge is -2.17. The fourth-order valence-corrected chi connectivity index (χ4v) is 3.76. The third-order valence-electron chi connectivity index (χ3n) is 3.75. The first-order valence-electron chi connectivity index (χ1n) is 8.26. The number of rotatable bonds is 7. The van der Waals surface area contributed by atoms with Crippen LogP contribution < -0.4 is 9.46 Å². The van der Waals surface area contributed by atoms with Gasteiger partial charge in [-0.3, -0.25) is 4.79 Å². The van der Waals surface area contributed by atoms with E-state index in [9.17, 15) is 22.4 Å². The second-order valence-corrected chi connectivity index (χ2v) is 7.17. The fraction of sp³-hybridized carbons (Fsp3) is 0.500. The Hall–Kier alpha value is -2.20. The van der Waals surface area contributed by atoms with Gasteiger partial charge in [0.2, 0.25) is 0 Å². The summed E-state index contributed by atoms with van der Waals surface area (Å²) in [6.45, 7) is 3.91. The van der Waals surface area contributed by atoms with E-state index in [4.69, 9.17) is 9.47 Å². The molecule has 1 aliphatic heterocycles. The maximum Gasteiger partial charge on any atom is 0.342 e. The number of benzene rings is 1. The number of carbonyl (C=O) groups excluding carboxylic acids is 2. The van der Waals surface area contributed by atoms with Crippen molar-refractivity contribution in [1.29, 1.82) is 0 Å². The molecule has 1 aliphatic rings. The molecule has 10 heteroatoms. The van der Waals surface area contributed by atoms with Gasteiger partial charge in [-0.25, -0.2) is 13.9 Å². The summed E-state index contributed by atoms with van der Waals surface area (Å²) in [7, 11) is -4.05. The van der Waals surface area contributed by atoms with E-state index in [1.54, 1.807) is 13.8 Å². The fourth-order valence-electron chi connectivity index (χ4n) is 2.55. The first-order chi connectivity index (χ1) is 12.3. The van der Waals surface area contributed by atoms with Crippen molar-refractivity contribution in [3.63, 3.8) is 0 Å². The molecule has 8 nitrogen and oxygen atoms in total. The normalized spacial score (nSPS) is 14.9. The van der Waals surface area contributed by atoms with Crippen molar-refractivity contribution >= 4 is 22.1 Å². The van der Waals surface area contributed by atoms with Crippen LogP contribution in [0.5, 0.6) is 5.75 Å². The molecule has 1 heterocycles. The van der Waals surface area contributed by atoms with Crippen LogP contribution in [0.15, 0.2) is 12.1 Å². The number of halogens is 1. The van der Waals surface area contributed by atoms with E-state index in [1.807, 2.05) is 4.72 Å². The first-order valence-corrected chi connectivity index (χ1v) is 9.70. The Bertz CT molecular complexity index is 790. The average molecular weight is 388 g/mol. The molecule has 0 bridgehead atoms. The number of amides is 1. The number of hydrogen-bond acceptors (Lipinski definition) is 6. The zero-order valence-electron chi connectivity index (χ0n) is 14.6. The number of hydrogen-bond donors (Lipinski definition) is 1. The summed E-state index contributed by atoms with van der Waals surface area (Å²) in [4.78, 5) is 24.2. The zero-order chi connectivity index (χ0) is 19.3. The molecule has 2 rings (SSSR count). The predicted octanol–water partition coefficient (Wildman–Crippen LogP) is 1.47. The minimum absolute atomic E-state index is 0.0421. The lowest BCUT2D eigenvalue weighted by molar-refractivity contribution is 0.0520. The summed E-state index contributed by atoms with van der Waals surface area (Å²) in [5.41, 5.74) is -0.713. The minimum Gasteiger partial charge on any atom is -0.490 e. The van der Waals surface area contributed by atoms with Gasteiger partial charge in [-0.15, -0.1) is 0 Å². The maximum absolute atomic E-state index is 14.7. The van der Waals surface area contributed by atoms with Crippen LogP contribution in [-0.4, -0.2) is 50.9 Å². The Balaban J connectivity index is 2.32. The summed E-state index contributed by atoms with van der Waals surface area (Å²) in [6.07, 6.45) is 1.40. The molecule has 1 N–H and O–H groups in total. The number of nitrogens with one attached hydrogen (secondary N) is 1. The Morgan fingerprint density at radius 3 is 2.35 bits per heavy atom. The molecule has 26 heavy (non-hydrogen) atoms. The highest BCUT2D eigenvalue weighted by Crippen LogP contribution is 2.27. The highest BCUT2D eigenvalue weighted by molar-refractivity contribution is 7.87. The highest BCUT2D eigenvalue weighted by atomic mass is 32.2. The summed E-state index contributed by atoms with van der Waals surface area (Å²) in [6, 6.07) is 2.20. The van der Waals surface area contributed by atoms with Gasteiger partial charge in [0.05, 0.1) is 18.8 Å². The van der Waals surface area contributed by atoms with Crippen LogP contribution in [0, 0.1) is 5.82 Å². The number of nitrogens with zero attached hydrogens (tertiary/aromatic N) is 1. The van der Waals surface area contributed by atoms with Crippen molar-refractivity contribution < 1.29 is 31.9 Å². The number of ether oxygens (including phenoxy) is 2. The van der Waals surface area contributed by atoms with Crippen LogP contribution in [0.25, 0.3) is 0 Å². The molecule has 0 radical (unpaired) electrons. The summed E-state index contributed by atoms with van der Waals surface area (Å²) in [5.74, 6) is -3.50. The molecule has 0 atom stereocenters. The van der Waals surface area contributed by atoms with Gasteiger partial charge in [0.25, 0.3) is 5.91 Å². The lowest BCUT2D eigenvalue weighted by atomic mass is 10.1. The van der Waals surface area contributed by atoms with E-state index in [1.165, 1.54) is 6.07 Å². The Morgan fingerprint density at radius 2 is 1.77 bits per heavy atom. The first kappa shape index (κ1) is 20.1. The van der Waals surface area contributed by atoms with Crippen molar-refractivity contribution in [3.05, 3.63) is 29.1 Å². The van der Waals surface area contributed by atoms with Crippen LogP contribution in [-0.2, 0) is 14.9 Å².